The number of hydrogen-bond acceptors (Lipinski definition) is 3. The molecule has 1 aliphatic heterocycles. The van der Waals surface area contributed by atoms with Crippen LogP contribution in [0, 0.1) is 5.92 Å². The molecule has 20 heavy (non-hydrogen) atoms. The van der Waals surface area contributed by atoms with E-state index in [-0.39, 0.29) is 5.92 Å². The lowest BCUT2D eigenvalue weighted by atomic mass is 9.97. The summed E-state index contributed by atoms with van der Waals surface area (Å²) in [4.78, 5) is 12.7. The van der Waals surface area contributed by atoms with Crippen molar-refractivity contribution in [3.63, 3.8) is 0 Å². The van der Waals surface area contributed by atoms with Gasteiger partial charge >= 0.3 is 6.09 Å². The standard InChI is InChI=1S/C15H16ClNO3/c1-19-13-5-3-11(4-6-13)9-12-7-8-17(10-14(12)16)15(18)20-2/h3-8,10,12H,9H2,1-2H3. The normalized spacial score (nSPS) is 17.6. The molecule has 1 aliphatic rings. The predicted molar refractivity (Wildman–Crippen MR) is 77.5 cm³/mol. The van der Waals surface area contributed by atoms with Gasteiger partial charge in [-0.3, -0.25) is 4.90 Å². The van der Waals surface area contributed by atoms with E-state index in [0.717, 1.165) is 17.7 Å². The van der Waals surface area contributed by atoms with E-state index in [1.54, 1.807) is 19.5 Å². The molecular formula is C15H16ClNO3. The molecule has 1 atom stereocenters. The Labute approximate surface area is 123 Å². The minimum absolute atomic E-state index is 0.0611. The van der Waals surface area contributed by atoms with Gasteiger partial charge in [0.25, 0.3) is 0 Å². The van der Waals surface area contributed by atoms with E-state index in [1.807, 2.05) is 30.3 Å². The number of hydrogen-bond donors (Lipinski definition) is 0. The second kappa shape index (κ2) is 6.48. The summed E-state index contributed by atoms with van der Waals surface area (Å²) >= 11 is 6.22. The van der Waals surface area contributed by atoms with Crippen molar-refractivity contribution in [1.29, 1.82) is 0 Å². The lowest BCUT2D eigenvalue weighted by Gasteiger charge is -2.21. The fourth-order valence-electron chi connectivity index (χ4n) is 1.96. The largest absolute Gasteiger partial charge is 0.497 e. The molecule has 4 nitrogen and oxygen atoms in total. The first-order valence-electron chi connectivity index (χ1n) is 6.19. The van der Waals surface area contributed by atoms with Crippen molar-refractivity contribution in [1.82, 2.24) is 4.90 Å². The van der Waals surface area contributed by atoms with Crippen molar-refractivity contribution in [2.24, 2.45) is 5.92 Å². The van der Waals surface area contributed by atoms with Crippen molar-refractivity contribution in [3.8, 4) is 5.75 Å². The highest BCUT2D eigenvalue weighted by atomic mass is 35.5. The topological polar surface area (TPSA) is 38.8 Å². The van der Waals surface area contributed by atoms with Crippen molar-refractivity contribution in [2.45, 2.75) is 6.42 Å². The van der Waals surface area contributed by atoms with Gasteiger partial charge in [0.05, 0.1) is 14.2 Å². The van der Waals surface area contributed by atoms with E-state index >= 15 is 0 Å². The molecule has 1 heterocycles. The van der Waals surface area contributed by atoms with Crippen molar-refractivity contribution in [3.05, 3.63) is 53.3 Å². The summed E-state index contributed by atoms with van der Waals surface area (Å²) in [6.45, 7) is 0. The summed E-state index contributed by atoms with van der Waals surface area (Å²) in [5, 5.41) is 0.605. The van der Waals surface area contributed by atoms with Crippen LogP contribution in [0.15, 0.2) is 47.8 Å². The SMILES string of the molecule is COC(=O)N1C=CC(Cc2ccc(OC)cc2)C(Cl)=C1. The zero-order chi connectivity index (χ0) is 14.5. The lowest BCUT2D eigenvalue weighted by molar-refractivity contribution is 0.151. The van der Waals surface area contributed by atoms with Crippen molar-refractivity contribution in [2.75, 3.05) is 14.2 Å². The summed E-state index contributed by atoms with van der Waals surface area (Å²) in [5.41, 5.74) is 1.15. The summed E-state index contributed by atoms with van der Waals surface area (Å²) in [6.07, 6.45) is 5.46. The van der Waals surface area contributed by atoms with Gasteiger partial charge in [-0.2, -0.15) is 0 Å². The fourth-order valence-corrected chi connectivity index (χ4v) is 2.22. The van der Waals surface area contributed by atoms with Crippen LogP contribution in [0.1, 0.15) is 5.56 Å². The number of halogens is 1. The van der Waals surface area contributed by atoms with Crippen LogP contribution in [0.3, 0.4) is 0 Å². The van der Waals surface area contributed by atoms with Crippen molar-refractivity contribution >= 4 is 17.7 Å². The van der Waals surface area contributed by atoms with E-state index in [0.29, 0.717) is 5.03 Å². The van der Waals surface area contributed by atoms with E-state index in [9.17, 15) is 4.79 Å². The van der Waals surface area contributed by atoms with Crippen LogP contribution in [-0.4, -0.2) is 25.2 Å². The Hall–Kier alpha value is -1.94. The Balaban J connectivity index is 2.04. The number of carbonyl (C=O) groups is 1. The maximum atomic E-state index is 11.4. The Bertz CT molecular complexity index is 537. The highest BCUT2D eigenvalue weighted by Crippen LogP contribution is 2.27. The van der Waals surface area contributed by atoms with Crippen LogP contribution in [0.5, 0.6) is 5.75 Å². The Morgan fingerprint density at radius 2 is 2.00 bits per heavy atom. The molecule has 0 saturated heterocycles. The van der Waals surface area contributed by atoms with Gasteiger partial charge in [0.15, 0.2) is 0 Å². The molecule has 0 aromatic heterocycles. The van der Waals surface area contributed by atoms with Crippen LogP contribution < -0.4 is 4.74 Å². The molecule has 1 aromatic rings. The number of methoxy groups -OCH3 is 2. The summed E-state index contributed by atoms with van der Waals surface area (Å²) in [7, 11) is 2.97. The minimum atomic E-state index is -0.456. The number of nitrogens with zero attached hydrogens (tertiary/aromatic N) is 1. The summed E-state index contributed by atoms with van der Waals surface area (Å²) in [6, 6.07) is 7.84. The summed E-state index contributed by atoms with van der Waals surface area (Å²) < 4.78 is 9.76. The van der Waals surface area contributed by atoms with E-state index in [4.69, 9.17) is 16.3 Å². The van der Waals surface area contributed by atoms with Crippen LogP contribution in [0.2, 0.25) is 0 Å². The molecule has 0 spiro atoms. The van der Waals surface area contributed by atoms with E-state index in [2.05, 4.69) is 4.74 Å². The molecule has 5 heteroatoms. The lowest BCUT2D eigenvalue weighted by Crippen LogP contribution is -2.23. The third-order valence-corrected chi connectivity index (χ3v) is 3.47. The maximum Gasteiger partial charge on any atom is 0.417 e. The van der Waals surface area contributed by atoms with E-state index < -0.39 is 6.09 Å². The van der Waals surface area contributed by atoms with Crippen LogP contribution in [0.25, 0.3) is 0 Å². The van der Waals surface area contributed by atoms with Crippen LogP contribution in [0.4, 0.5) is 4.79 Å². The van der Waals surface area contributed by atoms with Crippen molar-refractivity contribution < 1.29 is 14.3 Å². The third kappa shape index (κ3) is 3.33. The first kappa shape index (κ1) is 14.5. The molecular weight excluding hydrogens is 278 g/mol. The third-order valence-electron chi connectivity index (χ3n) is 3.10. The smallest absolute Gasteiger partial charge is 0.417 e. The average Bonchev–Trinajstić information content (AvgIpc) is 2.49. The number of amides is 1. The molecule has 1 aromatic carbocycles. The zero-order valence-corrected chi connectivity index (χ0v) is 12.1. The fraction of sp³-hybridized carbons (Fsp3) is 0.267. The van der Waals surface area contributed by atoms with Gasteiger partial charge in [0.2, 0.25) is 0 Å². The van der Waals surface area contributed by atoms with Gasteiger partial charge in [-0.1, -0.05) is 29.8 Å². The Morgan fingerprint density at radius 3 is 2.55 bits per heavy atom. The number of benzene rings is 1. The van der Waals surface area contributed by atoms with Crippen LogP contribution in [-0.2, 0) is 11.2 Å². The molecule has 0 saturated carbocycles. The van der Waals surface area contributed by atoms with Gasteiger partial charge in [-0.05, 0) is 24.1 Å². The zero-order valence-electron chi connectivity index (χ0n) is 11.4. The molecule has 0 fully saturated rings. The molecule has 0 radical (unpaired) electrons. The number of carbonyl (C=O) groups excluding carboxylic acids is 1. The summed E-state index contributed by atoms with van der Waals surface area (Å²) in [5.74, 6) is 0.886. The number of allylic oxidation sites excluding steroid dienone is 2. The van der Waals surface area contributed by atoms with Gasteiger partial charge in [0.1, 0.15) is 5.75 Å². The molecule has 106 valence electrons. The second-order valence-electron chi connectivity index (χ2n) is 4.39. The first-order chi connectivity index (χ1) is 9.63. The number of ether oxygens (including phenoxy) is 2. The second-order valence-corrected chi connectivity index (χ2v) is 4.83. The van der Waals surface area contributed by atoms with Gasteiger partial charge in [0, 0.05) is 23.4 Å². The predicted octanol–water partition coefficient (Wildman–Crippen LogP) is 3.53. The Morgan fingerprint density at radius 1 is 1.30 bits per heavy atom. The molecule has 1 unspecified atom stereocenters. The van der Waals surface area contributed by atoms with Gasteiger partial charge < -0.3 is 9.47 Å². The van der Waals surface area contributed by atoms with Gasteiger partial charge in [-0.25, -0.2) is 4.79 Å². The molecule has 0 bridgehead atoms. The highest BCUT2D eigenvalue weighted by molar-refractivity contribution is 6.30. The van der Waals surface area contributed by atoms with Gasteiger partial charge in [-0.15, -0.1) is 0 Å². The van der Waals surface area contributed by atoms with Crippen LogP contribution >= 0.6 is 11.6 Å². The monoisotopic (exact) mass is 293 g/mol. The minimum Gasteiger partial charge on any atom is -0.497 e. The first-order valence-corrected chi connectivity index (χ1v) is 6.56. The average molecular weight is 294 g/mol. The van der Waals surface area contributed by atoms with E-state index in [1.165, 1.54) is 12.0 Å². The molecule has 0 aliphatic carbocycles. The maximum absolute atomic E-state index is 11.4. The molecule has 0 N–H and O–H groups in total. The Kier molecular flexibility index (Phi) is 4.69. The quantitative estimate of drug-likeness (QED) is 0.856. The number of rotatable bonds is 3. The highest BCUT2D eigenvalue weighted by Gasteiger charge is 2.19. The molecule has 1 amide bonds. The molecule has 2 rings (SSSR count).